The van der Waals surface area contributed by atoms with Gasteiger partial charge in [-0.2, -0.15) is 0 Å². The van der Waals surface area contributed by atoms with Gasteiger partial charge in [0, 0.05) is 11.1 Å². The monoisotopic (exact) mass is 407 g/mol. The van der Waals surface area contributed by atoms with Crippen molar-refractivity contribution in [3.05, 3.63) is 59.2 Å². The highest BCUT2D eigenvalue weighted by molar-refractivity contribution is 6.05. The zero-order valence-electron chi connectivity index (χ0n) is 17.9. The predicted octanol–water partition coefficient (Wildman–Crippen LogP) is 5.95. The molecular weight excluding hydrogens is 378 g/mol. The van der Waals surface area contributed by atoms with Gasteiger partial charge in [0.1, 0.15) is 5.75 Å². The maximum atomic E-state index is 12.7. The summed E-state index contributed by atoms with van der Waals surface area (Å²) in [4.78, 5) is 12.7. The minimum absolute atomic E-state index is 0.275. The number of carbonyl (C=O) groups excluding carboxylic acids is 1. The number of anilines is 1. The lowest BCUT2D eigenvalue weighted by molar-refractivity contribution is 0.102. The zero-order chi connectivity index (χ0) is 21.3. The Morgan fingerprint density at radius 3 is 2.53 bits per heavy atom. The van der Waals surface area contributed by atoms with Gasteiger partial charge >= 0.3 is 0 Å². The Morgan fingerprint density at radius 1 is 1.00 bits per heavy atom. The minimum atomic E-state index is -0.275. The second-order valence-electron chi connectivity index (χ2n) is 7.52. The Kier molecular flexibility index (Phi) is 7.60. The van der Waals surface area contributed by atoms with Gasteiger partial charge in [-0.15, -0.1) is 0 Å². The molecule has 2 aromatic carbocycles. The molecular formula is C24H29N3O3. The van der Waals surface area contributed by atoms with E-state index in [0.717, 1.165) is 28.9 Å². The lowest BCUT2D eigenvalue weighted by atomic mass is 10.0. The Morgan fingerprint density at radius 2 is 1.77 bits per heavy atom. The number of unbranched alkanes of at least 4 members (excludes halogenated alkanes) is 4. The van der Waals surface area contributed by atoms with Gasteiger partial charge in [-0.1, -0.05) is 50.3 Å². The molecule has 3 aromatic rings. The van der Waals surface area contributed by atoms with Gasteiger partial charge in [0.25, 0.3) is 5.91 Å². The van der Waals surface area contributed by atoms with Crippen LogP contribution in [0.1, 0.15) is 60.5 Å². The molecule has 1 N–H and O–H groups in total. The van der Waals surface area contributed by atoms with E-state index in [4.69, 9.17) is 9.37 Å². The van der Waals surface area contributed by atoms with Gasteiger partial charge < -0.3 is 10.1 Å². The summed E-state index contributed by atoms with van der Waals surface area (Å²) in [6.45, 7) is 6.89. The van der Waals surface area contributed by atoms with E-state index in [9.17, 15) is 4.79 Å². The number of aryl methyl sites for hydroxylation is 2. The number of amides is 1. The predicted molar refractivity (Wildman–Crippen MR) is 118 cm³/mol. The molecule has 0 aliphatic heterocycles. The van der Waals surface area contributed by atoms with Gasteiger partial charge in [-0.3, -0.25) is 4.79 Å². The van der Waals surface area contributed by atoms with E-state index < -0.39 is 0 Å². The fourth-order valence-corrected chi connectivity index (χ4v) is 3.22. The lowest BCUT2D eigenvalue weighted by Gasteiger charge is -2.08. The van der Waals surface area contributed by atoms with Crippen LogP contribution in [0, 0.1) is 13.8 Å². The number of carbonyl (C=O) groups is 1. The Labute approximate surface area is 177 Å². The van der Waals surface area contributed by atoms with Crippen LogP contribution in [0.5, 0.6) is 5.75 Å². The number of benzene rings is 2. The quantitative estimate of drug-likeness (QED) is 0.420. The van der Waals surface area contributed by atoms with E-state index in [1.165, 1.54) is 25.7 Å². The first-order valence-corrected chi connectivity index (χ1v) is 10.5. The molecule has 6 nitrogen and oxygen atoms in total. The van der Waals surface area contributed by atoms with E-state index in [0.29, 0.717) is 23.7 Å². The molecule has 1 heterocycles. The third-order valence-electron chi connectivity index (χ3n) is 5.00. The molecule has 0 saturated carbocycles. The molecule has 0 unspecified atom stereocenters. The van der Waals surface area contributed by atoms with Crippen molar-refractivity contribution in [2.45, 2.75) is 52.9 Å². The summed E-state index contributed by atoms with van der Waals surface area (Å²) in [6, 6.07) is 13.1. The SMILES string of the molecule is CCCCCCCOc1ccc(C(=O)Nc2nonc2-c2cc(C)ccc2C)cc1. The smallest absolute Gasteiger partial charge is 0.256 e. The van der Waals surface area contributed by atoms with Crippen LogP contribution in [-0.2, 0) is 0 Å². The molecule has 0 spiro atoms. The lowest BCUT2D eigenvalue weighted by Crippen LogP contribution is -2.13. The van der Waals surface area contributed by atoms with Gasteiger partial charge in [0.15, 0.2) is 5.69 Å². The highest BCUT2D eigenvalue weighted by Gasteiger charge is 2.17. The minimum Gasteiger partial charge on any atom is -0.494 e. The van der Waals surface area contributed by atoms with Crippen LogP contribution in [0.25, 0.3) is 11.3 Å². The zero-order valence-corrected chi connectivity index (χ0v) is 17.9. The number of nitrogens with zero attached hydrogens (tertiary/aromatic N) is 2. The van der Waals surface area contributed by atoms with Crippen LogP contribution in [0.2, 0.25) is 0 Å². The normalized spacial score (nSPS) is 10.8. The number of hydrogen-bond acceptors (Lipinski definition) is 5. The number of hydrogen-bond donors (Lipinski definition) is 1. The van der Waals surface area contributed by atoms with Crippen molar-refractivity contribution in [3.63, 3.8) is 0 Å². The summed E-state index contributed by atoms with van der Waals surface area (Å²) < 4.78 is 10.7. The van der Waals surface area contributed by atoms with Crippen molar-refractivity contribution < 1.29 is 14.2 Å². The first kappa shape index (κ1) is 21.6. The summed E-state index contributed by atoms with van der Waals surface area (Å²) in [5, 5.41) is 10.7. The second-order valence-corrected chi connectivity index (χ2v) is 7.52. The molecule has 1 aromatic heterocycles. The molecule has 0 bridgehead atoms. The largest absolute Gasteiger partial charge is 0.494 e. The number of nitrogens with one attached hydrogen (secondary N) is 1. The maximum absolute atomic E-state index is 12.7. The van der Waals surface area contributed by atoms with E-state index in [1.807, 2.05) is 44.2 Å². The Bertz CT molecular complexity index is 964. The van der Waals surface area contributed by atoms with E-state index >= 15 is 0 Å². The van der Waals surface area contributed by atoms with E-state index in [2.05, 4.69) is 22.6 Å². The molecule has 30 heavy (non-hydrogen) atoms. The van der Waals surface area contributed by atoms with Crippen molar-refractivity contribution in [2.75, 3.05) is 11.9 Å². The Hall–Kier alpha value is -3.15. The third kappa shape index (κ3) is 5.69. The van der Waals surface area contributed by atoms with Gasteiger partial charge in [-0.05, 0) is 66.5 Å². The third-order valence-corrected chi connectivity index (χ3v) is 5.00. The molecule has 1 amide bonds. The summed E-state index contributed by atoms with van der Waals surface area (Å²) >= 11 is 0. The molecule has 0 saturated heterocycles. The molecule has 0 aliphatic carbocycles. The van der Waals surface area contributed by atoms with Crippen molar-refractivity contribution in [1.82, 2.24) is 10.3 Å². The molecule has 0 fully saturated rings. The first-order valence-electron chi connectivity index (χ1n) is 10.5. The summed E-state index contributed by atoms with van der Waals surface area (Å²) in [7, 11) is 0. The number of ether oxygens (including phenoxy) is 1. The molecule has 0 aliphatic rings. The molecule has 158 valence electrons. The molecule has 0 radical (unpaired) electrons. The fourth-order valence-electron chi connectivity index (χ4n) is 3.22. The van der Waals surface area contributed by atoms with Gasteiger partial charge in [0.05, 0.1) is 6.61 Å². The van der Waals surface area contributed by atoms with Crippen LogP contribution in [0.15, 0.2) is 47.1 Å². The van der Waals surface area contributed by atoms with Crippen LogP contribution in [0.4, 0.5) is 5.82 Å². The highest BCUT2D eigenvalue weighted by atomic mass is 16.6. The van der Waals surface area contributed by atoms with Crippen molar-refractivity contribution in [2.24, 2.45) is 0 Å². The number of aromatic nitrogens is 2. The average molecular weight is 408 g/mol. The average Bonchev–Trinajstić information content (AvgIpc) is 3.20. The first-order chi connectivity index (χ1) is 14.6. The fraction of sp³-hybridized carbons (Fsp3) is 0.375. The van der Waals surface area contributed by atoms with Crippen molar-refractivity contribution in [3.8, 4) is 17.0 Å². The van der Waals surface area contributed by atoms with Crippen LogP contribution >= 0.6 is 0 Å². The summed E-state index contributed by atoms with van der Waals surface area (Å²) in [6.07, 6.45) is 5.99. The molecule has 3 rings (SSSR count). The highest BCUT2D eigenvalue weighted by Crippen LogP contribution is 2.28. The van der Waals surface area contributed by atoms with Crippen molar-refractivity contribution in [1.29, 1.82) is 0 Å². The Balaban J connectivity index is 1.59. The van der Waals surface area contributed by atoms with Crippen LogP contribution < -0.4 is 10.1 Å². The van der Waals surface area contributed by atoms with Crippen LogP contribution in [-0.4, -0.2) is 22.8 Å². The summed E-state index contributed by atoms with van der Waals surface area (Å²) in [5.74, 6) is 0.797. The second kappa shape index (κ2) is 10.6. The van der Waals surface area contributed by atoms with E-state index in [1.54, 1.807) is 12.1 Å². The summed E-state index contributed by atoms with van der Waals surface area (Å²) in [5.41, 5.74) is 4.04. The van der Waals surface area contributed by atoms with Crippen LogP contribution in [0.3, 0.4) is 0 Å². The maximum Gasteiger partial charge on any atom is 0.256 e. The topological polar surface area (TPSA) is 77.2 Å². The van der Waals surface area contributed by atoms with Gasteiger partial charge in [0.2, 0.25) is 5.82 Å². The van der Waals surface area contributed by atoms with E-state index in [-0.39, 0.29) is 5.91 Å². The molecule has 0 atom stereocenters. The standard InChI is InChI=1S/C24H29N3O3/c1-4-5-6-7-8-15-29-20-13-11-19(12-14-20)24(28)25-23-22(26-30-27-23)21-16-17(2)9-10-18(21)3/h9-14,16H,4-8,15H2,1-3H3,(H,25,27,28). The van der Waals surface area contributed by atoms with Gasteiger partial charge in [-0.25, -0.2) is 4.63 Å². The molecule has 6 heteroatoms. The number of rotatable bonds is 10. The van der Waals surface area contributed by atoms with Crippen molar-refractivity contribution >= 4 is 11.7 Å².